The summed E-state index contributed by atoms with van der Waals surface area (Å²) < 4.78 is 0. The Kier molecular flexibility index (Phi) is 7.11. The Labute approximate surface area is 183 Å². The number of halogens is 2. The summed E-state index contributed by atoms with van der Waals surface area (Å²) >= 11 is 11.9. The van der Waals surface area contributed by atoms with E-state index in [1.807, 2.05) is 0 Å². The highest BCUT2D eigenvalue weighted by Crippen LogP contribution is 2.25. The van der Waals surface area contributed by atoms with E-state index in [0.29, 0.717) is 48.5 Å². The molecule has 1 unspecified atom stereocenters. The lowest BCUT2D eigenvalue weighted by Crippen LogP contribution is -2.61. The maximum absolute atomic E-state index is 12.5. The summed E-state index contributed by atoms with van der Waals surface area (Å²) in [7, 11) is 0. The lowest BCUT2D eigenvalue weighted by Gasteiger charge is -2.42. The molecular formula is C18H23Cl2N5O5. The molecule has 12 heteroatoms. The molecule has 0 saturated carbocycles. The van der Waals surface area contributed by atoms with Crippen molar-refractivity contribution in [1.82, 2.24) is 19.6 Å². The fourth-order valence-electron chi connectivity index (χ4n) is 3.65. The van der Waals surface area contributed by atoms with Crippen LogP contribution in [0.2, 0.25) is 10.0 Å². The van der Waals surface area contributed by atoms with E-state index in [1.165, 1.54) is 9.80 Å². The van der Waals surface area contributed by atoms with Crippen LogP contribution in [-0.4, -0.2) is 106 Å². The number of urea groups is 1. The minimum absolute atomic E-state index is 0.139. The smallest absolute Gasteiger partial charge is 0.407 e. The van der Waals surface area contributed by atoms with Crippen LogP contribution in [0, 0.1) is 0 Å². The Balaban J connectivity index is 1.52. The molecule has 3 rings (SSSR count). The molecule has 164 valence electrons. The third-order valence-electron chi connectivity index (χ3n) is 5.30. The first-order chi connectivity index (χ1) is 14.2. The lowest BCUT2D eigenvalue weighted by atomic mass is 10.1. The second-order valence-corrected chi connectivity index (χ2v) is 8.02. The monoisotopic (exact) mass is 459 g/mol. The Morgan fingerprint density at radius 1 is 0.933 bits per heavy atom. The number of piperazine rings is 2. The van der Waals surface area contributed by atoms with Gasteiger partial charge in [0, 0.05) is 58.0 Å². The zero-order valence-electron chi connectivity index (χ0n) is 16.1. The van der Waals surface area contributed by atoms with Gasteiger partial charge < -0.3 is 30.2 Å². The quantitative estimate of drug-likeness (QED) is 0.638. The normalized spacial score (nSPS) is 20.2. The largest absolute Gasteiger partial charge is 0.465 e. The third kappa shape index (κ3) is 5.38. The molecule has 1 atom stereocenters. The second-order valence-electron chi connectivity index (χ2n) is 7.21. The van der Waals surface area contributed by atoms with Gasteiger partial charge in [-0.15, -0.1) is 0 Å². The van der Waals surface area contributed by atoms with Gasteiger partial charge in [-0.3, -0.25) is 4.90 Å². The lowest BCUT2D eigenvalue weighted by molar-refractivity contribution is 0.0423. The van der Waals surface area contributed by atoms with E-state index in [9.17, 15) is 24.6 Å². The van der Waals surface area contributed by atoms with Crippen LogP contribution in [0.4, 0.5) is 20.1 Å². The van der Waals surface area contributed by atoms with Crippen molar-refractivity contribution in [2.24, 2.45) is 0 Å². The maximum Gasteiger partial charge on any atom is 0.407 e. The van der Waals surface area contributed by atoms with E-state index in [4.69, 9.17) is 23.2 Å². The molecule has 2 aliphatic heterocycles. The van der Waals surface area contributed by atoms with Gasteiger partial charge in [0.2, 0.25) is 0 Å². The van der Waals surface area contributed by atoms with E-state index in [2.05, 4.69) is 10.2 Å². The van der Waals surface area contributed by atoms with Crippen molar-refractivity contribution < 1.29 is 24.6 Å². The van der Waals surface area contributed by atoms with Gasteiger partial charge in [-0.1, -0.05) is 23.2 Å². The average molecular weight is 460 g/mol. The van der Waals surface area contributed by atoms with Crippen LogP contribution < -0.4 is 5.32 Å². The first-order valence-corrected chi connectivity index (χ1v) is 10.2. The third-order valence-corrected chi connectivity index (χ3v) is 6.04. The first-order valence-electron chi connectivity index (χ1n) is 9.45. The molecule has 2 saturated heterocycles. The van der Waals surface area contributed by atoms with Crippen molar-refractivity contribution in [1.29, 1.82) is 0 Å². The summed E-state index contributed by atoms with van der Waals surface area (Å²) in [5, 5.41) is 22.2. The number of rotatable bonds is 3. The molecule has 0 bridgehead atoms. The number of benzene rings is 1. The van der Waals surface area contributed by atoms with Gasteiger partial charge >= 0.3 is 18.2 Å². The molecule has 1 aromatic carbocycles. The predicted octanol–water partition coefficient (Wildman–Crippen LogP) is 2.49. The molecule has 30 heavy (non-hydrogen) atoms. The van der Waals surface area contributed by atoms with E-state index in [1.54, 1.807) is 23.1 Å². The van der Waals surface area contributed by atoms with Crippen molar-refractivity contribution in [3.8, 4) is 0 Å². The highest BCUT2D eigenvalue weighted by Gasteiger charge is 2.34. The fourth-order valence-corrected chi connectivity index (χ4v) is 3.94. The molecule has 3 N–H and O–H groups in total. The van der Waals surface area contributed by atoms with Crippen molar-refractivity contribution >= 4 is 47.1 Å². The number of carbonyl (C=O) groups is 3. The van der Waals surface area contributed by atoms with Gasteiger partial charge in [0.1, 0.15) is 0 Å². The van der Waals surface area contributed by atoms with Crippen LogP contribution in [0.25, 0.3) is 0 Å². The van der Waals surface area contributed by atoms with Gasteiger partial charge in [0.05, 0.1) is 16.1 Å². The Morgan fingerprint density at radius 3 is 2.20 bits per heavy atom. The van der Waals surface area contributed by atoms with Gasteiger partial charge in [0.25, 0.3) is 0 Å². The molecule has 0 radical (unpaired) electrons. The standard InChI is InChI=1S/C18H23Cl2N5O5/c19-14-2-1-12(9-15(14)20)21-16(26)23-5-3-22(4-6-23)10-13-11-24(17(27)28)7-8-25(13)18(29)30/h1-2,9,13H,3-8,10-11H2,(H,21,26)(H,27,28)(H,29,30). The van der Waals surface area contributed by atoms with E-state index in [-0.39, 0.29) is 25.7 Å². The van der Waals surface area contributed by atoms with Gasteiger partial charge in [-0.25, -0.2) is 14.4 Å². The zero-order chi connectivity index (χ0) is 21.8. The number of carbonyl (C=O) groups excluding carboxylic acids is 1. The molecule has 0 aromatic heterocycles. The summed E-state index contributed by atoms with van der Waals surface area (Å²) in [5.41, 5.74) is 0.546. The number of carboxylic acid groups (broad SMARTS) is 2. The van der Waals surface area contributed by atoms with Gasteiger partial charge in [0.15, 0.2) is 0 Å². The summed E-state index contributed by atoms with van der Waals surface area (Å²) in [6, 6.07) is 4.16. The van der Waals surface area contributed by atoms with Crippen LogP contribution in [0.1, 0.15) is 0 Å². The predicted molar refractivity (Wildman–Crippen MR) is 112 cm³/mol. The summed E-state index contributed by atoms with van der Waals surface area (Å²) in [4.78, 5) is 41.5. The van der Waals surface area contributed by atoms with Crippen molar-refractivity contribution in [2.45, 2.75) is 6.04 Å². The summed E-state index contributed by atoms with van der Waals surface area (Å²) in [5.74, 6) is 0. The molecule has 1 aromatic rings. The molecule has 0 spiro atoms. The molecule has 0 aliphatic carbocycles. The van der Waals surface area contributed by atoms with Crippen molar-refractivity contribution in [3.63, 3.8) is 0 Å². The minimum Gasteiger partial charge on any atom is -0.465 e. The minimum atomic E-state index is -1.05. The van der Waals surface area contributed by atoms with E-state index < -0.39 is 18.2 Å². The van der Waals surface area contributed by atoms with Gasteiger partial charge in [-0.05, 0) is 18.2 Å². The first kappa shape index (κ1) is 22.3. The topological polar surface area (TPSA) is 117 Å². The fraction of sp³-hybridized carbons (Fsp3) is 0.500. The van der Waals surface area contributed by atoms with E-state index >= 15 is 0 Å². The molecular weight excluding hydrogens is 437 g/mol. The summed E-state index contributed by atoms with van der Waals surface area (Å²) in [6.07, 6.45) is -2.10. The number of hydrogen-bond acceptors (Lipinski definition) is 4. The number of nitrogens with zero attached hydrogens (tertiary/aromatic N) is 4. The number of hydrogen-bond donors (Lipinski definition) is 3. The van der Waals surface area contributed by atoms with Crippen LogP contribution in [0.15, 0.2) is 18.2 Å². The van der Waals surface area contributed by atoms with E-state index in [0.717, 1.165) is 0 Å². The Morgan fingerprint density at radius 2 is 1.60 bits per heavy atom. The highest BCUT2D eigenvalue weighted by molar-refractivity contribution is 6.42. The Bertz CT molecular complexity index is 818. The van der Waals surface area contributed by atoms with Crippen LogP contribution in [0.3, 0.4) is 0 Å². The maximum atomic E-state index is 12.5. The number of nitrogens with one attached hydrogen (secondary N) is 1. The van der Waals surface area contributed by atoms with Gasteiger partial charge in [-0.2, -0.15) is 0 Å². The molecule has 10 nitrogen and oxygen atoms in total. The van der Waals surface area contributed by atoms with Crippen molar-refractivity contribution in [3.05, 3.63) is 28.2 Å². The number of anilines is 1. The number of amides is 4. The van der Waals surface area contributed by atoms with Crippen LogP contribution in [-0.2, 0) is 0 Å². The Hall–Kier alpha value is -2.43. The molecule has 4 amide bonds. The molecule has 2 heterocycles. The van der Waals surface area contributed by atoms with Crippen LogP contribution >= 0.6 is 23.2 Å². The zero-order valence-corrected chi connectivity index (χ0v) is 17.6. The second kappa shape index (κ2) is 9.59. The average Bonchev–Trinajstić information content (AvgIpc) is 2.71. The summed E-state index contributed by atoms with van der Waals surface area (Å²) in [6.45, 7) is 2.93. The molecule has 2 aliphatic rings. The highest BCUT2D eigenvalue weighted by atomic mass is 35.5. The molecule has 2 fully saturated rings. The van der Waals surface area contributed by atoms with Crippen molar-refractivity contribution in [2.75, 3.05) is 57.7 Å². The van der Waals surface area contributed by atoms with Crippen LogP contribution in [0.5, 0.6) is 0 Å². The SMILES string of the molecule is O=C(O)N1CCN(C(=O)O)C(CN2CCN(C(=O)Nc3ccc(Cl)c(Cl)c3)CC2)C1.